The maximum Gasteiger partial charge on any atom is 0.253 e. The van der Waals surface area contributed by atoms with Crippen LogP contribution in [0.1, 0.15) is 68.7 Å². The Kier molecular flexibility index (Phi) is 7.23. The number of piperidine rings is 1. The van der Waals surface area contributed by atoms with E-state index in [-0.39, 0.29) is 17.7 Å². The molecule has 1 atom stereocenters. The number of likely N-dealkylation sites (tertiary alicyclic amines) is 1. The van der Waals surface area contributed by atoms with Crippen molar-refractivity contribution in [1.29, 1.82) is 0 Å². The molecule has 4 heteroatoms. The van der Waals surface area contributed by atoms with Gasteiger partial charge >= 0.3 is 0 Å². The second kappa shape index (κ2) is 10.5. The van der Waals surface area contributed by atoms with Gasteiger partial charge in [-0.3, -0.25) is 9.59 Å². The number of carbonyl (C=O) groups excluding carboxylic acids is 2. The van der Waals surface area contributed by atoms with Crippen LogP contribution in [0.15, 0.2) is 72.8 Å². The molecular formula is C29H32N2O2. The van der Waals surface area contributed by atoms with Gasteiger partial charge in [-0.05, 0) is 67.1 Å². The number of amides is 2. The third-order valence-corrected chi connectivity index (χ3v) is 6.51. The summed E-state index contributed by atoms with van der Waals surface area (Å²) >= 11 is 0. The summed E-state index contributed by atoms with van der Waals surface area (Å²) in [6, 6.07) is 24.0. The summed E-state index contributed by atoms with van der Waals surface area (Å²) in [6.07, 6.45) is 2.95. The van der Waals surface area contributed by atoms with Gasteiger partial charge < -0.3 is 10.2 Å². The Morgan fingerprint density at radius 3 is 2.39 bits per heavy atom. The molecule has 0 spiro atoms. The molecule has 1 N–H and O–H groups in total. The first-order chi connectivity index (χ1) is 16.0. The Bertz CT molecular complexity index is 1100. The van der Waals surface area contributed by atoms with Crippen molar-refractivity contribution >= 4 is 11.8 Å². The van der Waals surface area contributed by atoms with Crippen LogP contribution >= 0.6 is 0 Å². The average Bonchev–Trinajstić information content (AvgIpc) is 2.88. The zero-order chi connectivity index (χ0) is 23.2. The van der Waals surface area contributed by atoms with Crippen LogP contribution in [0.25, 0.3) is 0 Å². The highest BCUT2D eigenvalue weighted by molar-refractivity contribution is 5.95. The first kappa shape index (κ1) is 22.8. The molecule has 4 nitrogen and oxygen atoms in total. The van der Waals surface area contributed by atoms with Crippen LogP contribution in [0.3, 0.4) is 0 Å². The smallest absolute Gasteiger partial charge is 0.253 e. The van der Waals surface area contributed by atoms with E-state index in [0.29, 0.717) is 18.7 Å². The van der Waals surface area contributed by atoms with Crippen LogP contribution in [0.4, 0.5) is 0 Å². The molecule has 1 heterocycles. The van der Waals surface area contributed by atoms with Crippen molar-refractivity contribution in [3.63, 3.8) is 0 Å². The number of nitrogens with one attached hydrogen (secondary N) is 1. The molecule has 1 aliphatic heterocycles. The number of carbonyl (C=O) groups is 2. The van der Waals surface area contributed by atoms with Crippen LogP contribution in [0.5, 0.6) is 0 Å². The second-order valence-corrected chi connectivity index (χ2v) is 8.93. The zero-order valence-electron chi connectivity index (χ0n) is 19.5. The fourth-order valence-electron chi connectivity index (χ4n) is 4.42. The van der Waals surface area contributed by atoms with Gasteiger partial charge in [0.25, 0.3) is 11.8 Å². The Balaban J connectivity index is 1.40. The summed E-state index contributed by atoms with van der Waals surface area (Å²) in [4.78, 5) is 27.8. The van der Waals surface area contributed by atoms with Crippen molar-refractivity contribution < 1.29 is 9.59 Å². The highest BCUT2D eigenvalue weighted by Crippen LogP contribution is 2.28. The molecule has 4 rings (SSSR count). The lowest BCUT2D eigenvalue weighted by Crippen LogP contribution is -2.39. The number of benzene rings is 3. The molecule has 0 radical (unpaired) electrons. The lowest BCUT2D eigenvalue weighted by molar-refractivity contribution is 0.0706. The van der Waals surface area contributed by atoms with Crippen LogP contribution < -0.4 is 5.32 Å². The number of hydrogen-bond acceptors (Lipinski definition) is 2. The molecular weight excluding hydrogens is 408 g/mol. The molecule has 2 amide bonds. The third-order valence-electron chi connectivity index (χ3n) is 6.51. The quantitative estimate of drug-likeness (QED) is 0.550. The number of hydrogen-bond donors (Lipinski definition) is 1. The lowest BCUT2D eigenvalue weighted by atomic mass is 9.89. The van der Waals surface area contributed by atoms with E-state index in [1.807, 2.05) is 59.5 Å². The van der Waals surface area contributed by atoms with E-state index in [1.165, 1.54) is 11.1 Å². The highest BCUT2D eigenvalue weighted by Gasteiger charge is 2.26. The Morgan fingerprint density at radius 1 is 0.939 bits per heavy atom. The summed E-state index contributed by atoms with van der Waals surface area (Å²) in [5.41, 5.74) is 6.06. The predicted molar refractivity (Wildman–Crippen MR) is 132 cm³/mol. The van der Waals surface area contributed by atoms with Crippen molar-refractivity contribution in [3.8, 4) is 0 Å². The summed E-state index contributed by atoms with van der Waals surface area (Å²) in [5.74, 6) is 0.258. The molecule has 0 unspecified atom stereocenters. The lowest BCUT2D eigenvalue weighted by Gasteiger charge is -2.33. The van der Waals surface area contributed by atoms with Crippen LogP contribution in [0.2, 0.25) is 0 Å². The molecule has 3 aromatic carbocycles. The topological polar surface area (TPSA) is 49.4 Å². The van der Waals surface area contributed by atoms with E-state index in [4.69, 9.17) is 0 Å². The predicted octanol–water partition coefficient (Wildman–Crippen LogP) is 5.51. The van der Waals surface area contributed by atoms with Crippen molar-refractivity contribution in [2.45, 2.75) is 45.6 Å². The molecule has 0 bridgehead atoms. The van der Waals surface area contributed by atoms with E-state index >= 15 is 0 Å². The molecule has 33 heavy (non-hydrogen) atoms. The summed E-state index contributed by atoms with van der Waals surface area (Å²) in [7, 11) is 0. The van der Waals surface area contributed by atoms with Crippen LogP contribution in [-0.2, 0) is 13.0 Å². The highest BCUT2D eigenvalue weighted by atomic mass is 16.2. The SMILES string of the molecule is CCc1ccc(C(=O)N2CCC[C@H](c3cccc(C(=O)NCc4ccc(C)cc4)c3)C2)cc1. The van der Waals surface area contributed by atoms with Crippen molar-refractivity contribution in [2.24, 2.45) is 0 Å². The van der Waals surface area contributed by atoms with Gasteiger partial charge in [0.2, 0.25) is 0 Å². The molecule has 1 fully saturated rings. The summed E-state index contributed by atoms with van der Waals surface area (Å²) < 4.78 is 0. The molecule has 1 saturated heterocycles. The second-order valence-electron chi connectivity index (χ2n) is 8.93. The largest absolute Gasteiger partial charge is 0.348 e. The maximum absolute atomic E-state index is 13.1. The molecule has 0 saturated carbocycles. The average molecular weight is 441 g/mol. The van der Waals surface area contributed by atoms with Gasteiger partial charge in [0.05, 0.1) is 0 Å². The minimum atomic E-state index is -0.0721. The van der Waals surface area contributed by atoms with Crippen LogP contribution in [-0.4, -0.2) is 29.8 Å². The first-order valence-electron chi connectivity index (χ1n) is 11.9. The summed E-state index contributed by atoms with van der Waals surface area (Å²) in [5, 5.41) is 3.02. The fraction of sp³-hybridized carbons (Fsp3) is 0.310. The summed E-state index contributed by atoms with van der Waals surface area (Å²) in [6.45, 7) is 6.13. The van der Waals surface area contributed by atoms with E-state index < -0.39 is 0 Å². The molecule has 0 aliphatic carbocycles. The van der Waals surface area contributed by atoms with E-state index in [9.17, 15) is 9.59 Å². The Labute approximate surface area is 196 Å². The Hall–Kier alpha value is -3.40. The fourth-order valence-corrected chi connectivity index (χ4v) is 4.42. The Morgan fingerprint density at radius 2 is 1.67 bits per heavy atom. The van der Waals surface area contributed by atoms with Gasteiger partial charge in [0, 0.05) is 36.7 Å². The molecule has 3 aromatic rings. The van der Waals surface area contributed by atoms with Crippen molar-refractivity contribution in [2.75, 3.05) is 13.1 Å². The number of aryl methyl sites for hydroxylation is 2. The number of nitrogens with zero attached hydrogens (tertiary/aromatic N) is 1. The minimum Gasteiger partial charge on any atom is -0.348 e. The standard InChI is InChI=1S/C29H32N2O2/c1-3-22-13-15-24(16-14-22)29(33)31-17-5-8-27(20-31)25-6-4-7-26(18-25)28(32)30-19-23-11-9-21(2)10-12-23/h4,6-7,9-16,18,27H,3,5,8,17,19-20H2,1-2H3,(H,30,32)/t27-/m0/s1. The van der Waals surface area contributed by atoms with Gasteiger partial charge in [-0.25, -0.2) is 0 Å². The molecule has 0 aromatic heterocycles. The van der Waals surface area contributed by atoms with E-state index in [0.717, 1.165) is 42.5 Å². The number of rotatable bonds is 6. The third kappa shape index (κ3) is 5.70. The maximum atomic E-state index is 13.1. The van der Waals surface area contributed by atoms with Crippen molar-refractivity contribution in [3.05, 3.63) is 106 Å². The first-order valence-corrected chi connectivity index (χ1v) is 11.9. The van der Waals surface area contributed by atoms with Gasteiger partial charge in [-0.1, -0.05) is 61.0 Å². The van der Waals surface area contributed by atoms with Gasteiger partial charge in [0.1, 0.15) is 0 Å². The molecule has 1 aliphatic rings. The van der Waals surface area contributed by atoms with Crippen molar-refractivity contribution in [1.82, 2.24) is 10.2 Å². The van der Waals surface area contributed by atoms with Gasteiger partial charge in [0.15, 0.2) is 0 Å². The molecule has 170 valence electrons. The minimum absolute atomic E-state index is 0.0721. The van der Waals surface area contributed by atoms with E-state index in [1.54, 1.807) is 0 Å². The monoisotopic (exact) mass is 440 g/mol. The van der Waals surface area contributed by atoms with E-state index in [2.05, 4.69) is 37.4 Å². The zero-order valence-corrected chi connectivity index (χ0v) is 19.5. The normalized spacial score (nSPS) is 15.8. The van der Waals surface area contributed by atoms with Crippen LogP contribution in [0, 0.1) is 6.92 Å². The van der Waals surface area contributed by atoms with Gasteiger partial charge in [-0.2, -0.15) is 0 Å². The van der Waals surface area contributed by atoms with Gasteiger partial charge in [-0.15, -0.1) is 0 Å².